The normalized spacial score (nSPS) is 17.3. The summed E-state index contributed by atoms with van der Waals surface area (Å²) >= 11 is 0. The molecule has 0 bridgehead atoms. The minimum absolute atomic E-state index is 0.0114. The van der Waals surface area contributed by atoms with Crippen LogP contribution in [0.2, 0.25) is 0 Å². The van der Waals surface area contributed by atoms with Gasteiger partial charge in [-0.1, -0.05) is 6.92 Å². The molecule has 1 N–H and O–H groups in total. The second-order valence-corrected chi connectivity index (χ2v) is 5.81. The lowest BCUT2D eigenvalue weighted by atomic mass is 10.1. The maximum Gasteiger partial charge on any atom is 0.242 e. The van der Waals surface area contributed by atoms with Crippen molar-refractivity contribution in [1.82, 2.24) is 10.2 Å². The van der Waals surface area contributed by atoms with Crippen molar-refractivity contribution in [3.05, 3.63) is 35.4 Å². The van der Waals surface area contributed by atoms with Gasteiger partial charge in [-0.25, -0.2) is 8.78 Å². The molecule has 1 atom stereocenters. The number of carbonyl (C=O) groups is 2. The number of likely N-dealkylation sites (tertiary alicyclic amines) is 1. The molecule has 1 heterocycles. The molecular weight excluding hydrogens is 302 g/mol. The molecule has 1 saturated heterocycles. The summed E-state index contributed by atoms with van der Waals surface area (Å²) < 4.78 is 26.2. The molecule has 0 spiro atoms. The van der Waals surface area contributed by atoms with Crippen molar-refractivity contribution in [2.45, 2.75) is 45.1 Å². The molecule has 4 nitrogen and oxygen atoms in total. The van der Waals surface area contributed by atoms with Crippen molar-refractivity contribution in [3.8, 4) is 0 Å². The van der Waals surface area contributed by atoms with E-state index in [2.05, 4.69) is 5.32 Å². The number of hydrogen-bond donors (Lipinski definition) is 1. The fraction of sp³-hybridized carbons (Fsp3) is 0.529. The monoisotopic (exact) mass is 324 g/mol. The summed E-state index contributed by atoms with van der Waals surface area (Å²) in [6.07, 6.45) is 3.04. The fourth-order valence-electron chi connectivity index (χ4n) is 2.90. The molecule has 2 rings (SSSR count). The third kappa shape index (κ3) is 4.74. The first kappa shape index (κ1) is 17.4. The predicted molar refractivity (Wildman–Crippen MR) is 82.7 cm³/mol. The average Bonchev–Trinajstić information content (AvgIpc) is 2.96. The molecule has 23 heavy (non-hydrogen) atoms. The van der Waals surface area contributed by atoms with Crippen LogP contribution in [0.5, 0.6) is 0 Å². The number of nitrogens with zero attached hydrogens (tertiary/aromatic N) is 1. The first-order valence-corrected chi connectivity index (χ1v) is 8.03. The zero-order valence-electron chi connectivity index (χ0n) is 13.3. The molecule has 1 fully saturated rings. The van der Waals surface area contributed by atoms with Crippen molar-refractivity contribution in [3.63, 3.8) is 0 Å². The number of halogens is 2. The van der Waals surface area contributed by atoms with Crippen molar-refractivity contribution in [2.24, 2.45) is 0 Å². The highest BCUT2D eigenvalue weighted by Gasteiger charge is 2.33. The molecular formula is C17H22F2N2O2. The molecule has 126 valence electrons. The molecule has 0 aromatic heterocycles. The lowest BCUT2D eigenvalue weighted by Gasteiger charge is -2.23. The molecule has 1 aromatic rings. The smallest absolute Gasteiger partial charge is 0.242 e. The van der Waals surface area contributed by atoms with Gasteiger partial charge in [0.25, 0.3) is 0 Å². The zero-order valence-corrected chi connectivity index (χ0v) is 13.3. The van der Waals surface area contributed by atoms with Crippen LogP contribution in [0.25, 0.3) is 0 Å². The van der Waals surface area contributed by atoms with Crippen molar-refractivity contribution >= 4 is 11.8 Å². The van der Waals surface area contributed by atoms with Gasteiger partial charge in [0.1, 0.15) is 17.7 Å². The number of nitrogens with one attached hydrogen (secondary N) is 1. The average molecular weight is 324 g/mol. The summed E-state index contributed by atoms with van der Waals surface area (Å²) in [6, 6.07) is 2.90. The minimum atomic E-state index is -0.626. The van der Waals surface area contributed by atoms with Gasteiger partial charge in [-0.3, -0.25) is 9.59 Å². The summed E-state index contributed by atoms with van der Waals surface area (Å²) in [5.74, 6) is -1.43. The number of rotatable bonds is 6. The molecule has 0 saturated carbocycles. The van der Waals surface area contributed by atoms with E-state index >= 15 is 0 Å². The van der Waals surface area contributed by atoms with Crippen molar-refractivity contribution < 1.29 is 18.4 Å². The second kappa shape index (κ2) is 8.04. The van der Waals surface area contributed by atoms with E-state index in [0.717, 1.165) is 18.9 Å². The van der Waals surface area contributed by atoms with Crippen LogP contribution < -0.4 is 5.32 Å². The molecule has 1 aliphatic rings. The van der Waals surface area contributed by atoms with Gasteiger partial charge >= 0.3 is 0 Å². The number of amides is 2. The topological polar surface area (TPSA) is 49.4 Å². The maximum absolute atomic E-state index is 13.1. The van der Waals surface area contributed by atoms with Gasteiger partial charge in [-0.05, 0) is 43.4 Å². The van der Waals surface area contributed by atoms with Crippen LogP contribution in [0.1, 0.15) is 38.2 Å². The van der Waals surface area contributed by atoms with Crippen LogP contribution in [0.3, 0.4) is 0 Å². The van der Waals surface area contributed by atoms with E-state index in [1.54, 1.807) is 4.90 Å². The highest BCUT2D eigenvalue weighted by Crippen LogP contribution is 2.19. The van der Waals surface area contributed by atoms with E-state index in [0.29, 0.717) is 31.4 Å². The molecule has 1 aromatic carbocycles. The predicted octanol–water partition coefficient (Wildman–Crippen LogP) is 2.41. The van der Waals surface area contributed by atoms with Crippen LogP contribution in [0, 0.1) is 11.6 Å². The van der Waals surface area contributed by atoms with E-state index in [4.69, 9.17) is 0 Å². The Morgan fingerprint density at radius 1 is 1.26 bits per heavy atom. The second-order valence-electron chi connectivity index (χ2n) is 5.81. The highest BCUT2D eigenvalue weighted by atomic mass is 19.1. The Bertz CT molecular complexity index is 557. The first-order chi connectivity index (χ1) is 11.0. The quantitative estimate of drug-likeness (QED) is 0.874. The first-order valence-electron chi connectivity index (χ1n) is 8.03. The van der Waals surface area contributed by atoms with Gasteiger partial charge in [-0.15, -0.1) is 0 Å². The van der Waals surface area contributed by atoms with E-state index in [-0.39, 0.29) is 18.4 Å². The molecule has 1 aliphatic heterocycles. The van der Waals surface area contributed by atoms with Crippen molar-refractivity contribution in [1.29, 1.82) is 0 Å². The third-order valence-electron chi connectivity index (χ3n) is 3.97. The highest BCUT2D eigenvalue weighted by molar-refractivity contribution is 5.88. The summed E-state index contributed by atoms with van der Waals surface area (Å²) in [5, 5.41) is 2.76. The molecule has 0 aliphatic carbocycles. The summed E-state index contributed by atoms with van der Waals surface area (Å²) in [6.45, 7) is 2.83. The van der Waals surface area contributed by atoms with Gasteiger partial charge in [0.2, 0.25) is 11.8 Å². The van der Waals surface area contributed by atoms with Gasteiger partial charge in [0, 0.05) is 25.6 Å². The Morgan fingerprint density at radius 2 is 1.96 bits per heavy atom. The maximum atomic E-state index is 13.1. The van der Waals surface area contributed by atoms with Gasteiger partial charge in [0.15, 0.2) is 0 Å². The van der Waals surface area contributed by atoms with Gasteiger partial charge in [0.05, 0.1) is 0 Å². The zero-order chi connectivity index (χ0) is 16.8. The Kier molecular flexibility index (Phi) is 6.07. The lowest BCUT2D eigenvalue weighted by molar-refractivity contribution is -0.138. The Balaban J connectivity index is 1.85. The van der Waals surface area contributed by atoms with Crippen molar-refractivity contribution in [2.75, 3.05) is 13.1 Å². The molecule has 0 radical (unpaired) electrons. The van der Waals surface area contributed by atoms with E-state index in [1.165, 1.54) is 12.1 Å². The van der Waals surface area contributed by atoms with E-state index in [9.17, 15) is 18.4 Å². The van der Waals surface area contributed by atoms with Crippen LogP contribution >= 0.6 is 0 Å². The van der Waals surface area contributed by atoms with Crippen LogP contribution in [0.4, 0.5) is 8.78 Å². The molecule has 0 unspecified atom stereocenters. The SMILES string of the molecule is CCCC(=O)N1CCC[C@H]1C(=O)NCCc1cc(F)cc(F)c1. The van der Waals surface area contributed by atoms with E-state index in [1.807, 2.05) is 6.92 Å². The largest absolute Gasteiger partial charge is 0.354 e. The van der Waals surface area contributed by atoms with Crippen LogP contribution in [0.15, 0.2) is 18.2 Å². The van der Waals surface area contributed by atoms with Gasteiger partial charge in [-0.2, -0.15) is 0 Å². The third-order valence-corrected chi connectivity index (χ3v) is 3.97. The van der Waals surface area contributed by atoms with Gasteiger partial charge < -0.3 is 10.2 Å². The number of hydrogen-bond acceptors (Lipinski definition) is 2. The minimum Gasteiger partial charge on any atom is -0.354 e. The fourth-order valence-corrected chi connectivity index (χ4v) is 2.90. The Hall–Kier alpha value is -1.98. The number of carbonyl (C=O) groups excluding carboxylic acids is 2. The van der Waals surface area contributed by atoms with Crippen LogP contribution in [-0.4, -0.2) is 35.8 Å². The number of benzene rings is 1. The summed E-state index contributed by atoms with van der Waals surface area (Å²) in [5.41, 5.74) is 0.494. The Labute approximate surface area is 134 Å². The lowest BCUT2D eigenvalue weighted by Crippen LogP contribution is -2.46. The standard InChI is InChI=1S/C17H22F2N2O2/c1-2-4-16(22)21-8-3-5-15(21)17(23)20-7-6-12-9-13(18)11-14(19)10-12/h9-11,15H,2-8H2,1H3,(H,20,23)/t15-/m0/s1. The summed E-state index contributed by atoms with van der Waals surface area (Å²) in [7, 11) is 0. The molecule has 2 amide bonds. The Morgan fingerprint density at radius 3 is 2.61 bits per heavy atom. The summed E-state index contributed by atoms with van der Waals surface area (Å²) in [4.78, 5) is 25.9. The molecule has 6 heteroatoms. The van der Waals surface area contributed by atoms with Crippen LogP contribution in [-0.2, 0) is 16.0 Å². The van der Waals surface area contributed by atoms with E-state index < -0.39 is 17.7 Å².